The number of nitrogens with zero attached hydrogens (tertiary/aromatic N) is 1. The van der Waals surface area contributed by atoms with Crippen molar-refractivity contribution in [2.24, 2.45) is 5.92 Å². The number of benzene rings is 1. The van der Waals surface area contributed by atoms with Gasteiger partial charge in [-0.1, -0.05) is 32.4 Å². The van der Waals surface area contributed by atoms with E-state index in [9.17, 15) is 9.59 Å². The SMILES string of the molecule is CCC(C)CSN1C(=O)c2ccccc2C1=O. The van der Waals surface area contributed by atoms with Crippen molar-refractivity contribution >= 4 is 23.8 Å². The highest BCUT2D eigenvalue weighted by molar-refractivity contribution is 7.98. The van der Waals surface area contributed by atoms with Gasteiger partial charge in [-0.25, -0.2) is 4.31 Å². The van der Waals surface area contributed by atoms with Crippen LogP contribution in [0.15, 0.2) is 24.3 Å². The standard InChI is InChI=1S/C13H15NO2S/c1-3-9(2)8-17-14-12(15)10-6-4-5-7-11(10)13(14)16/h4-7,9H,3,8H2,1-2H3. The second-order valence-corrected chi connectivity index (χ2v) is 5.22. The molecule has 90 valence electrons. The summed E-state index contributed by atoms with van der Waals surface area (Å²) in [7, 11) is 0. The molecule has 0 aromatic heterocycles. The number of rotatable bonds is 4. The number of fused-ring (bicyclic) bond motifs is 1. The molecule has 0 saturated heterocycles. The van der Waals surface area contributed by atoms with Crippen LogP contribution in [0.1, 0.15) is 41.0 Å². The molecule has 1 heterocycles. The molecule has 1 aromatic rings. The van der Waals surface area contributed by atoms with Crippen LogP contribution in [0, 0.1) is 5.92 Å². The molecule has 1 aliphatic heterocycles. The molecular formula is C13H15NO2S. The maximum Gasteiger partial charge on any atom is 0.271 e. The van der Waals surface area contributed by atoms with Gasteiger partial charge in [-0.15, -0.1) is 0 Å². The average molecular weight is 249 g/mol. The van der Waals surface area contributed by atoms with Gasteiger partial charge in [0.1, 0.15) is 0 Å². The van der Waals surface area contributed by atoms with Crippen molar-refractivity contribution in [3.05, 3.63) is 35.4 Å². The summed E-state index contributed by atoms with van der Waals surface area (Å²) in [5, 5.41) is 0. The molecule has 0 aliphatic carbocycles. The molecule has 2 rings (SSSR count). The summed E-state index contributed by atoms with van der Waals surface area (Å²) in [4.78, 5) is 24.0. The van der Waals surface area contributed by atoms with E-state index in [1.807, 2.05) is 0 Å². The van der Waals surface area contributed by atoms with Crippen LogP contribution in [0.25, 0.3) is 0 Å². The van der Waals surface area contributed by atoms with Crippen LogP contribution in [-0.2, 0) is 0 Å². The third-order valence-corrected chi connectivity index (χ3v) is 4.25. The fourth-order valence-corrected chi connectivity index (χ4v) is 2.67. The Morgan fingerprint density at radius 3 is 2.18 bits per heavy atom. The van der Waals surface area contributed by atoms with Gasteiger partial charge < -0.3 is 0 Å². The zero-order valence-corrected chi connectivity index (χ0v) is 10.8. The van der Waals surface area contributed by atoms with Crippen molar-refractivity contribution in [2.45, 2.75) is 20.3 Å². The molecule has 2 amide bonds. The predicted octanol–water partition coefficient (Wildman–Crippen LogP) is 2.98. The van der Waals surface area contributed by atoms with E-state index in [1.54, 1.807) is 24.3 Å². The summed E-state index contributed by atoms with van der Waals surface area (Å²) in [5.74, 6) is 0.934. The van der Waals surface area contributed by atoms with Crippen molar-refractivity contribution in [2.75, 3.05) is 5.75 Å². The Kier molecular flexibility index (Phi) is 3.52. The van der Waals surface area contributed by atoms with Crippen LogP contribution in [-0.4, -0.2) is 21.9 Å². The van der Waals surface area contributed by atoms with E-state index in [2.05, 4.69) is 13.8 Å². The summed E-state index contributed by atoms with van der Waals surface area (Å²) < 4.78 is 1.29. The zero-order chi connectivity index (χ0) is 12.4. The first-order valence-electron chi connectivity index (χ1n) is 5.76. The first kappa shape index (κ1) is 12.2. The molecule has 0 bridgehead atoms. The van der Waals surface area contributed by atoms with Crippen LogP contribution in [0.4, 0.5) is 0 Å². The first-order valence-corrected chi connectivity index (χ1v) is 6.70. The van der Waals surface area contributed by atoms with Crippen LogP contribution in [0.5, 0.6) is 0 Å². The number of hydrogen-bond donors (Lipinski definition) is 0. The van der Waals surface area contributed by atoms with Gasteiger partial charge in [-0.2, -0.15) is 0 Å². The zero-order valence-electron chi connectivity index (χ0n) is 9.97. The van der Waals surface area contributed by atoms with Gasteiger partial charge in [0.2, 0.25) is 0 Å². The Morgan fingerprint density at radius 1 is 1.18 bits per heavy atom. The van der Waals surface area contributed by atoms with Gasteiger partial charge in [-0.3, -0.25) is 9.59 Å². The maximum absolute atomic E-state index is 12.0. The topological polar surface area (TPSA) is 37.4 Å². The minimum Gasteiger partial charge on any atom is -0.268 e. The molecule has 1 aliphatic rings. The number of imide groups is 1. The van der Waals surface area contributed by atoms with Crippen LogP contribution < -0.4 is 0 Å². The lowest BCUT2D eigenvalue weighted by Crippen LogP contribution is -2.23. The van der Waals surface area contributed by atoms with Crippen molar-refractivity contribution < 1.29 is 9.59 Å². The van der Waals surface area contributed by atoms with E-state index in [0.29, 0.717) is 17.0 Å². The van der Waals surface area contributed by atoms with Crippen LogP contribution in [0.3, 0.4) is 0 Å². The normalized spacial score (nSPS) is 16.2. The lowest BCUT2D eigenvalue weighted by atomic mass is 10.1. The quantitative estimate of drug-likeness (QED) is 0.608. The molecule has 4 heteroatoms. The molecule has 0 spiro atoms. The molecule has 0 fully saturated rings. The molecule has 0 radical (unpaired) electrons. The molecule has 1 unspecified atom stereocenters. The monoisotopic (exact) mass is 249 g/mol. The average Bonchev–Trinajstić information content (AvgIpc) is 2.60. The minimum atomic E-state index is -0.182. The smallest absolute Gasteiger partial charge is 0.268 e. The highest BCUT2D eigenvalue weighted by atomic mass is 32.2. The lowest BCUT2D eigenvalue weighted by molar-refractivity contribution is 0.0777. The Balaban J connectivity index is 2.13. The molecule has 1 aromatic carbocycles. The number of hydrogen-bond acceptors (Lipinski definition) is 3. The Bertz CT molecular complexity index is 423. The van der Waals surface area contributed by atoms with Crippen LogP contribution >= 0.6 is 11.9 Å². The largest absolute Gasteiger partial charge is 0.271 e. The van der Waals surface area contributed by atoms with Gasteiger partial charge in [0.25, 0.3) is 11.8 Å². The number of carbonyl (C=O) groups is 2. The second-order valence-electron chi connectivity index (χ2n) is 4.26. The summed E-state index contributed by atoms with van der Waals surface area (Å²) in [5.41, 5.74) is 1.04. The molecule has 17 heavy (non-hydrogen) atoms. The Hall–Kier alpha value is -1.29. The van der Waals surface area contributed by atoms with E-state index in [0.717, 1.165) is 12.2 Å². The third-order valence-electron chi connectivity index (χ3n) is 2.94. The highest BCUT2D eigenvalue weighted by Gasteiger charge is 2.35. The summed E-state index contributed by atoms with van der Waals surface area (Å²) in [6.45, 7) is 4.22. The molecule has 1 atom stereocenters. The fourth-order valence-electron chi connectivity index (χ4n) is 1.60. The van der Waals surface area contributed by atoms with Crippen molar-refractivity contribution in [3.63, 3.8) is 0 Å². The lowest BCUT2D eigenvalue weighted by Gasteiger charge is -2.14. The number of carbonyl (C=O) groups excluding carboxylic acids is 2. The Labute approximate surface area is 105 Å². The molecule has 0 saturated carbocycles. The van der Waals surface area contributed by atoms with E-state index in [1.165, 1.54) is 16.3 Å². The van der Waals surface area contributed by atoms with Gasteiger partial charge in [0.15, 0.2) is 0 Å². The Morgan fingerprint density at radius 2 is 1.71 bits per heavy atom. The number of amides is 2. The first-order chi connectivity index (χ1) is 8.15. The van der Waals surface area contributed by atoms with E-state index in [4.69, 9.17) is 0 Å². The summed E-state index contributed by atoms with van der Waals surface area (Å²) >= 11 is 1.32. The third kappa shape index (κ3) is 2.22. The van der Waals surface area contributed by atoms with Gasteiger partial charge in [0.05, 0.1) is 11.1 Å². The van der Waals surface area contributed by atoms with Crippen molar-refractivity contribution in [3.8, 4) is 0 Å². The van der Waals surface area contributed by atoms with E-state index < -0.39 is 0 Å². The van der Waals surface area contributed by atoms with Gasteiger partial charge in [-0.05, 0) is 30.0 Å². The fraction of sp³-hybridized carbons (Fsp3) is 0.385. The van der Waals surface area contributed by atoms with Crippen molar-refractivity contribution in [1.29, 1.82) is 0 Å². The predicted molar refractivity (Wildman–Crippen MR) is 68.9 cm³/mol. The molecule has 0 N–H and O–H groups in total. The second kappa shape index (κ2) is 4.92. The highest BCUT2D eigenvalue weighted by Crippen LogP contribution is 2.29. The summed E-state index contributed by atoms with van der Waals surface area (Å²) in [6.07, 6.45) is 1.05. The molecular weight excluding hydrogens is 234 g/mol. The van der Waals surface area contributed by atoms with E-state index >= 15 is 0 Å². The minimum absolute atomic E-state index is 0.182. The van der Waals surface area contributed by atoms with Crippen LogP contribution in [0.2, 0.25) is 0 Å². The van der Waals surface area contributed by atoms with E-state index in [-0.39, 0.29) is 11.8 Å². The summed E-state index contributed by atoms with van der Waals surface area (Å²) in [6, 6.07) is 6.98. The van der Waals surface area contributed by atoms with Gasteiger partial charge in [0, 0.05) is 5.75 Å². The maximum atomic E-state index is 12.0. The van der Waals surface area contributed by atoms with Gasteiger partial charge >= 0.3 is 0 Å². The molecule has 3 nitrogen and oxygen atoms in total. The van der Waals surface area contributed by atoms with Crippen molar-refractivity contribution in [1.82, 2.24) is 4.31 Å².